The van der Waals surface area contributed by atoms with Crippen LogP contribution in [0, 0.1) is 11.3 Å². The molecular weight excluding hydrogens is 216 g/mol. The molecule has 0 unspecified atom stereocenters. The number of rotatable bonds is 3. The minimum absolute atomic E-state index is 0.462. The first-order valence-corrected chi connectivity index (χ1v) is 5.90. The maximum absolute atomic E-state index is 8.62. The van der Waals surface area contributed by atoms with Gasteiger partial charge in [0.25, 0.3) is 0 Å². The van der Waals surface area contributed by atoms with E-state index in [0.717, 1.165) is 10.6 Å². The fraction of sp³-hybridized carbons (Fsp3) is 0.0769. The molecule has 1 aromatic carbocycles. The van der Waals surface area contributed by atoms with Gasteiger partial charge in [0.1, 0.15) is 11.8 Å². The van der Waals surface area contributed by atoms with Crippen LogP contribution in [-0.4, -0.2) is 4.98 Å². The minimum atomic E-state index is 0.462. The summed E-state index contributed by atoms with van der Waals surface area (Å²) in [5.74, 6) is 0.925. The van der Waals surface area contributed by atoms with Crippen molar-refractivity contribution in [1.29, 1.82) is 5.26 Å². The molecule has 0 N–H and O–H groups in total. The number of thioether (sulfide) groups is 1. The molecule has 0 aliphatic rings. The summed E-state index contributed by atoms with van der Waals surface area (Å²) in [5.41, 5.74) is 1.75. The highest BCUT2D eigenvalue weighted by Crippen LogP contribution is 2.21. The summed E-state index contributed by atoms with van der Waals surface area (Å²) in [6.45, 7) is 0. The van der Waals surface area contributed by atoms with Crippen LogP contribution in [0.25, 0.3) is 0 Å². The van der Waals surface area contributed by atoms with Gasteiger partial charge in [0.2, 0.25) is 0 Å². The van der Waals surface area contributed by atoms with E-state index >= 15 is 0 Å². The van der Waals surface area contributed by atoms with Gasteiger partial charge in [-0.3, -0.25) is 0 Å². The van der Waals surface area contributed by atoms with E-state index in [1.54, 1.807) is 24.0 Å². The number of pyridine rings is 1. The summed E-state index contributed by atoms with van der Waals surface area (Å²) >= 11 is 1.72. The SMILES string of the molecule is N#Cc1ccc(SCc2ccccc2)cn1. The largest absolute Gasteiger partial charge is 0.244 e. The number of nitriles is 1. The van der Waals surface area contributed by atoms with Gasteiger partial charge in [0, 0.05) is 16.8 Å². The Kier molecular flexibility index (Phi) is 3.58. The van der Waals surface area contributed by atoms with Crippen LogP contribution in [0.3, 0.4) is 0 Å². The fourth-order valence-corrected chi connectivity index (χ4v) is 2.09. The summed E-state index contributed by atoms with van der Waals surface area (Å²) in [4.78, 5) is 5.11. The van der Waals surface area contributed by atoms with Gasteiger partial charge in [-0.25, -0.2) is 4.98 Å². The van der Waals surface area contributed by atoms with E-state index in [-0.39, 0.29) is 0 Å². The van der Waals surface area contributed by atoms with Crippen molar-refractivity contribution in [3.8, 4) is 6.07 Å². The molecule has 1 heterocycles. The fourth-order valence-electron chi connectivity index (χ4n) is 1.27. The van der Waals surface area contributed by atoms with Crippen molar-refractivity contribution >= 4 is 11.8 Å². The smallest absolute Gasteiger partial charge is 0.140 e. The maximum Gasteiger partial charge on any atom is 0.140 e. The van der Waals surface area contributed by atoms with Crippen molar-refractivity contribution in [2.45, 2.75) is 10.6 Å². The number of hydrogen-bond donors (Lipinski definition) is 0. The van der Waals surface area contributed by atoms with Gasteiger partial charge in [0.05, 0.1) is 0 Å². The Morgan fingerprint density at radius 2 is 1.94 bits per heavy atom. The molecule has 0 spiro atoms. The number of nitrogens with zero attached hydrogens (tertiary/aromatic N) is 2. The Bertz CT molecular complexity index is 486. The predicted octanol–water partition coefficient (Wildman–Crippen LogP) is 3.25. The van der Waals surface area contributed by atoms with Gasteiger partial charge in [-0.05, 0) is 17.7 Å². The molecule has 0 fully saturated rings. The normalized spacial score (nSPS) is 9.69. The summed E-state index contributed by atoms with van der Waals surface area (Å²) in [5, 5.41) is 8.62. The van der Waals surface area contributed by atoms with Crippen LogP contribution in [0.5, 0.6) is 0 Å². The first-order valence-electron chi connectivity index (χ1n) is 4.91. The Morgan fingerprint density at radius 1 is 1.12 bits per heavy atom. The average Bonchev–Trinajstić information content (AvgIpc) is 2.38. The molecular formula is C13H10N2S. The minimum Gasteiger partial charge on any atom is -0.244 e. The molecule has 2 nitrogen and oxygen atoms in total. The van der Waals surface area contributed by atoms with Crippen molar-refractivity contribution in [2.75, 3.05) is 0 Å². The van der Waals surface area contributed by atoms with E-state index < -0.39 is 0 Å². The predicted molar refractivity (Wildman–Crippen MR) is 65.0 cm³/mol. The lowest BCUT2D eigenvalue weighted by Gasteiger charge is -2.01. The first kappa shape index (κ1) is 10.7. The van der Waals surface area contributed by atoms with Crippen molar-refractivity contribution in [1.82, 2.24) is 4.98 Å². The van der Waals surface area contributed by atoms with Crippen LogP contribution < -0.4 is 0 Å². The third-order valence-corrected chi connectivity index (χ3v) is 3.15. The van der Waals surface area contributed by atoms with E-state index in [0.29, 0.717) is 5.69 Å². The van der Waals surface area contributed by atoms with Crippen molar-refractivity contribution in [3.63, 3.8) is 0 Å². The van der Waals surface area contributed by atoms with Crippen molar-refractivity contribution < 1.29 is 0 Å². The van der Waals surface area contributed by atoms with Crippen LogP contribution in [0.15, 0.2) is 53.6 Å². The van der Waals surface area contributed by atoms with Crippen molar-refractivity contribution in [2.24, 2.45) is 0 Å². The molecule has 78 valence electrons. The van der Waals surface area contributed by atoms with E-state index in [4.69, 9.17) is 5.26 Å². The maximum atomic E-state index is 8.62. The van der Waals surface area contributed by atoms with Gasteiger partial charge in [-0.15, -0.1) is 11.8 Å². The molecule has 0 amide bonds. The van der Waals surface area contributed by atoms with E-state index in [9.17, 15) is 0 Å². The molecule has 0 radical (unpaired) electrons. The lowest BCUT2D eigenvalue weighted by atomic mass is 10.2. The summed E-state index contributed by atoms with van der Waals surface area (Å²) in [6, 6.07) is 16.0. The molecule has 2 rings (SSSR count). The highest BCUT2D eigenvalue weighted by Gasteiger charge is 1.97. The summed E-state index contributed by atoms with van der Waals surface area (Å²) in [6.07, 6.45) is 1.74. The Labute approximate surface area is 99.0 Å². The Balaban J connectivity index is 1.98. The zero-order chi connectivity index (χ0) is 11.2. The summed E-state index contributed by atoms with van der Waals surface area (Å²) < 4.78 is 0. The second-order valence-corrected chi connectivity index (χ2v) is 4.31. The van der Waals surface area contributed by atoms with Crippen LogP contribution >= 0.6 is 11.8 Å². The molecule has 0 saturated heterocycles. The van der Waals surface area contributed by atoms with Gasteiger partial charge in [0.15, 0.2) is 0 Å². The number of benzene rings is 1. The molecule has 0 atom stereocenters. The average molecular weight is 226 g/mol. The van der Waals surface area contributed by atoms with Crippen LogP contribution in [0.2, 0.25) is 0 Å². The highest BCUT2D eigenvalue weighted by atomic mass is 32.2. The van der Waals surface area contributed by atoms with Gasteiger partial charge >= 0.3 is 0 Å². The van der Waals surface area contributed by atoms with Gasteiger partial charge < -0.3 is 0 Å². The Hall–Kier alpha value is -1.79. The Morgan fingerprint density at radius 3 is 2.56 bits per heavy atom. The molecule has 1 aromatic heterocycles. The molecule has 3 heteroatoms. The number of hydrogen-bond acceptors (Lipinski definition) is 3. The molecule has 0 aliphatic carbocycles. The first-order chi connectivity index (χ1) is 7.88. The topological polar surface area (TPSA) is 36.7 Å². The van der Waals surface area contributed by atoms with Crippen LogP contribution in [-0.2, 0) is 5.75 Å². The number of aromatic nitrogens is 1. The third kappa shape index (κ3) is 2.85. The standard InChI is InChI=1S/C13H10N2S/c14-8-12-6-7-13(9-15-12)16-10-11-4-2-1-3-5-11/h1-7,9H,10H2. The molecule has 2 aromatic rings. The lowest BCUT2D eigenvalue weighted by Crippen LogP contribution is -1.83. The second-order valence-electron chi connectivity index (χ2n) is 3.27. The molecule has 16 heavy (non-hydrogen) atoms. The zero-order valence-corrected chi connectivity index (χ0v) is 9.45. The summed E-state index contributed by atoms with van der Waals surface area (Å²) in [7, 11) is 0. The lowest BCUT2D eigenvalue weighted by molar-refractivity contribution is 1.19. The van der Waals surface area contributed by atoms with Crippen LogP contribution in [0.4, 0.5) is 0 Å². The quantitative estimate of drug-likeness (QED) is 0.754. The second kappa shape index (κ2) is 5.34. The van der Waals surface area contributed by atoms with E-state index in [1.165, 1.54) is 5.56 Å². The van der Waals surface area contributed by atoms with Crippen molar-refractivity contribution in [3.05, 3.63) is 59.9 Å². The van der Waals surface area contributed by atoms with Gasteiger partial charge in [-0.2, -0.15) is 5.26 Å². The molecule has 0 aliphatic heterocycles. The van der Waals surface area contributed by atoms with Gasteiger partial charge in [-0.1, -0.05) is 30.3 Å². The zero-order valence-electron chi connectivity index (χ0n) is 8.63. The molecule has 0 bridgehead atoms. The van der Waals surface area contributed by atoms with Crippen LogP contribution in [0.1, 0.15) is 11.3 Å². The highest BCUT2D eigenvalue weighted by molar-refractivity contribution is 7.98. The van der Waals surface area contributed by atoms with E-state index in [2.05, 4.69) is 17.1 Å². The molecule has 0 saturated carbocycles. The van der Waals surface area contributed by atoms with E-state index in [1.807, 2.05) is 30.3 Å². The monoisotopic (exact) mass is 226 g/mol. The third-order valence-electron chi connectivity index (χ3n) is 2.10.